The topological polar surface area (TPSA) is 38.9 Å². The molecule has 1 aromatic heterocycles. The number of hydrogen-bond acceptors (Lipinski definition) is 2. The van der Waals surface area contributed by atoms with Crippen LogP contribution in [0.4, 0.5) is 8.78 Å². The number of hydrogen-bond donors (Lipinski definition) is 1. The van der Waals surface area contributed by atoms with Crippen molar-refractivity contribution in [3.63, 3.8) is 0 Å². The van der Waals surface area contributed by atoms with Gasteiger partial charge in [-0.25, -0.2) is 8.78 Å². The van der Waals surface area contributed by atoms with E-state index in [-0.39, 0.29) is 5.56 Å². The van der Waals surface area contributed by atoms with E-state index in [4.69, 9.17) is 5.73 Å². The summed E-state index contributed by atoms with van der Waals surface area (Å²) in [6.45, 7) is 0.296. The van der Waals surface area contributed by atoms with Gasteiger partial charge in [0.2, 0.25) is 0 Å². The zero-order valence-electron chi connectivity index (χ0n) is 7.76. The van der Waals surface area contributed by atoms with Crippen LogP contribution in [0.15, 0.2) is 12.4 Å². The van der Waals surface area contributed by atoms with Gasteiger partial charge in [0, 0.05) is 17.5 Å². The van der Waals surface area contributed by atoms with Crippen LogP contribution in [0.5, 0.6) is 0 Å². The maximum Gasteiger partial charge on any atom is 0.148 e. The fraction of sp³-hybridized carbons (Fsp3) is 0.500. The van der Waals surface area contributed by atoms with Crippen LogP contribution in [0.1, 0.15) is 24.8 Å². The summed E-state index contributed by atoms with van der Waals surface area (Å²) < 4.78 is 26.8. The summed E-state index contributed by atoms with van der Waals surface area (Å²) in [7, 11) is 0. The van der Waals surface area contributed by atoms with E-state index >= 15 is 0 Å². The Morgan fingerprint density at radius 2 is 1.86 bits per heavy atom. The van der Waals surface area contributed by atoms with E-state index in [0.717, 1.165) is 31.7 Å². The lowest BCUT2D eigenvalue weighted by Crippen LogP contribution is -2.43. The second-order valence-electron chi connectivity index (χ2n) is 3.82. The van der Waals surface area contributed by atoms with Crippen LogP contribution >= 0.6 is 0 Å². The molecule has 2 nitrogen and oxygen atoms in total. The van der Waals surface area contributed by atoms with Gasteiger partial charge in [-0.3, -0.25) is 4.98 Å². The molecule has 4 heteroatoms. The number of rotatable bonds is 2. The largest absolute Gasteiger partial charge is 0.330 e. The first-order valence-electron chi connectivity index (χ1n) is 4.69. The first kappa shape index (κ1) is 9.52. The molecule has 0 bridgehead atoms. The summed E-state index contributed by atoms with van der Waals surface area (Å²) in [5.74, 6) is -1.15. The molecule has 0 atom stereocenters. The summed E-state index contributed by atoms with van der Waals surface area (Å²) in [4.78, 5) is 3.46. The minimum atomic E-state index is -0.574. The van der Waals surface area contributed by atoms with Crippen molar-refractivity contribution >= 4 is 0 Å². The van der Waals surface area contributed by atoms with Crippen molar-refractivity contribution in [1.82, 2.24) is 4.98 Å². The molecule has 2 N–H and O–H groups in total. The van der Waals surface area contributed by atoms with E-state index in [1.54, 1.807) is 0 Å². The molecule has 1 aliphatic rings. The number of pyridine rings is 1. The molecule has 1 fully saturated rings. The highest BCUT2D eigenvalue weighted by Crippen LogP contribution is 2.44. The maximum atomic E-state index is 13.4. The van der Waals surface area contributed by atoms with Gasteiger partial charge in [-0.05, 0) is 12.8 Å². The zero-order chi connectivity index (χ0) is 10.2. The highest BCUT2D eigenvalue weighted by Gasteiger charge is 2.41. The fourth-order valence-electron chi connectivity index (χ4n) is 2.08. The normalized spacial score (nSPS) is 19.1. The lowest BCUT2D eigenvalue weighted by molar-refractivity contribution is 0.235. The number of aromatic nitrogens is 1. The average Bonchev–Trinajstić information content (AvgIpc) is 2.08. The lowest BCUT2D eigenvalue weighted by atomic mass is 9.64. The van der Waals surface area contributed by atoms with Crippen molar-refractivity contribution in [2.75, 3.05) is 6.54 Å². The Bertz CT molecular complexity index is 322. The zero-order valence-corrected chi connectivity index (χ0v) is 7.76. The van der Waals surface area contributed by atoms with Gasteiger partial charge < -0.3 is 5.73 Å². The summed E-state index contributed by atoms with van der Waals surface area (Å²) in [5.41, 5.74) is 5.24. The quantitative estimate of drug-likeness (QED) is 0.786. The van der Waals surface area contributed by atoms with Crippen molar-refractivity contribution < 1.29 is 8.78 Å². The standard InChI is InChI=1S/C10H12F2N2/c11-7-4-14-5-8(12)9(7)10(6-13)2-1-3-10/h4-5H,1-3,6,13H2. The van der Waals surface area contributed by atoms with Gasteiger partial charge in [-0.1, -0.05) is 6.42 Å². The van der Waals surface area contributed by atoms with Crippen LogP contribution < -0.4 is 5.73 Å². The Labute approximate surface area is 81.1 Å². The van der Waals surface area contributed by atoms with Crippen molar-refractivity contribution in [2.24, 2.45) is 5.73 Å². The van der Waals surface area contributed by atoms with Gasteiger partial charge in [-0.2, -0.15) is 0 Å². The second kappa shape index (κ2) is 3.28. The van der Waals surface area contributed by atoms with Gasteiger partial charge in [-0.15, -0.1) is 0 Å². The Morgan fingerprint density at radius 1 is 1.29 bits per heavy atom. The van der Waals surface area contributed by atoms with Gasteiger partial charge in [0.25, 0.3) is 0 Å². The van der Waals surface area contributed by atoms with Gasteiger partial charge in [0.15, 0.2) is 0 Å². The molecule has 2 rings (SSSR count). The van der Waals surface area contributed by atoms with Crippen LogP contribution in [-0.2, 0) is 5.41 Å². The van der Waals surface area contributed by atoms with Crippen molar-refractivity contribution in [3.8, 4) is 0 Å². The molecule has 76 valence electrons. The van der Waals surface area contributed by atoms with E-state index in [2.05, 4.69) is 4.98 Å². The molecule has 0 unspecified atom stereocenters. The molecule has 1 aromatic rings. The van der Waals surface area contributed by atoms with Crippen LogP contribution in [0.2, 0.25) is 0 Å². The van der Waals surface area contributed by atoms with Gasteiger partial charge in [0.1, 0.15) is 11.6 Å². The van der Waals surface area contributed by atoms with E-state index in [1.807, 2.05) is 0 Å². The van der Waals surface area contributed by atoms with Crippen molar-refractivity contribution in [2.45, 2.75) is 24.7 Å². The van der Waals surface area contributed by atoms with E-state index in [0.29, 0.717) is 6.54 Å². The Hall–Kier alpha value is -1.03. The van der Waals surface area contributed by atoms with Crippen LogP contribution in [0.25, 0.3) is 0 Å². The highest BCUT2D eigenvalue weighted by atomic mass is 19.1. The molecule has 1 aliphatic carbocycles. The van der Waals surface area contributed by atoms with E-state index in [9.17, 15) is 8.78 Å². The summed E-state index contributed by atoms with van der Waals surface area (Å²) in [6.07, 6.45) is 4.61. The minimum Gasteiger partial charge on any atom is -0.330 e. The maximum absolute atomic E-state index is 13.4. The molecule has 0 spiro atoms. The average molecular weight is 198 g/mol. The molecular formula is C10H12F2N2. The van der Waals surface area contributed by atoms with Crippen LogP contribution in [0.3, 0.4) is 0 Å². The van der Waals surface area contributed by atoms with Gasteiger partial charge in [0.05, 0.1) is 12.4 Å². The fourth-order valence-corrected chi connectivity index (χ4v) is 2.08. The number of nitrogens with two attached hydrogens (primary N) is 1. The van der Waals surface area contributed by atoms with Crippen LogP contribution in [-0.4, -0.2) is 11.5 Å². The predicted molar refractivity (Wildman–Crippen MR) is 48.7 cm³/mol. The molecule has 0 aromatic carbocycles. The summed E-state index contributed by atoms with van der Waals surface area (Å²) in [5, 5.41) is 0. The lowest BCUT2D eigenvalue weighted by Gasteiger charge is -2.41. The molecular weight excluding hydrogens is 186 g/mol. The molecule has 0 saturated heterocycles. The van der Waals surface area contributed by atoms with Crippen molar-refractivity contribution in [3.05, 3.63) is 29.6 Å². The van der Waals surface area contributed by atoms with E-state index in [1.165, 1.54) is 0 Å². The summed E-state index contributed by atoms with van der Waals surface area (Å²) in [6, 6.07) is 0. The smallest absolute Gasteiger partial charge is 0.148 e. The molecule has 14 heavy (non-hydrogen) atoms. The SMILES string of the molecule is NCC1(c2c(F)cncc2F)CCC1. The predicted octanol–water partition coefficient (Wildman–Crippen LogP) is 1.74. The third-order valence-electron chi connectivity index (χ3n) is 3.09. The third-order valence-corrected chi connectivity index (χ3v) is 3.09. The third kappa shape index (κ3) is 1.21. The summed E-state index contributed by atoms with van der Waals surface area (Å²) >= 11 is 0. The molecule has 0 radical (unpaired) electrons. The molecule has 0 amide bonds. The Kier molecular flexibility index (Phi) is 2.23. The first-order chi connectivity index (χ1) is 6.69. The Balaban J connectivity index is 2.49. The molecule has 1 heterocycles. The van der Waals surface area contributed by atoms with Crippen molar-refractivity contribution in [1.29, 1.82) is 0 Å². The second-order valence-corrected chi connectivity index (χ2v) is 3.82. The van der Waals surface area contributed by atoms with E-state index < -0.39 is 17.0 Å². The highest BCUT2D eigenvalue weighted by molar-refractivity contribution is 5.29. The monoisotopic (exact) mass is 198 g/mol. The first-order valence-corrected chi connectivity index (χ1v) is 4.69. The number of nitrogens with zero attached hydrogens (tertiary/aromatic N) is 1. The van der Waals surface area contributed by atoms with Gasteiger partial charge >= 0.3 is 0 Å². The molecule has 0 aliphatic heterocycles. The molecule has 1 saturated carbocycles. The number of halogens is 2. The Morgan fingerprint density at radius 3 is 2.21 bits per heavy atom. The van der Waals surface area contributed by atoms with Crippen LogP contribution in [0, 0.1) is 11.6 Å². The minimum absolute atomic E-state index is 0.126.